The Kier molecular flexibility index (Phi) is 7.30. The third-order valence-electron chi connectivity index (χ3n) is 3.33. The highest BCUT2D eigenvalue weighted by molar-refractivity contribution is 5.64. The maximum Gasteiger partial charge on any atom is 0.573 e. The minimum Gasteiger partial charge on any atom is -0.402 e. The van der Waals surface area contributed by atoms with Crippen LogP contribution < -0.4 is 24.7 Å². The van der Waals surface area contributed by atoms with Crippen molar-refractivity contribution in [3.63, 3.8) is 0 Å². The first-order valence-corrected chi connectivity index (χ1v) is 7.89. The topological polar surface area (TPSA) is 62.9 Å². The normalized spacial score (nSPS) is 14.8. The summed E-state index contributed by atoms with van der Waals surface area (Å²) in [6.07, 6.45) is -23.6. The Hall–Kier alpha value is -2.46. The van der Waals surface area contributed by atoms with Gasteiger partial charge in [0.05, 0.1) is 0 Å². The van der Waals surface area contributed by atoms with E-state index in [4.69, 9.17) is 5.73 Å². The lowest BCUT2D eigenvalue weighted by Gasteiger charge is -2.31. The molecule has 186 valence electrons. The zero-order valence-corrected chi connectivity index (χ0v) is 15.9. The molecular formula is C15H13F12NO4. The van der Waals surface area contributed by atoms with Crippen molar-refractivity contribution in [2.24, 2.45) is 11.1 Å². The molecule has 1 rings (SSSR count). The van der Waals surface area contributed by atoms with E-state index >= 15 is 0 Å². The average molecular weight is 499 g/mol. The quantitative estimate of drug-likeness (QED) is 0.480. The molecule has 17 heteroatoms. The number of halogens is 12. The lowest BCUT2D eigenvalue weighted by molar-refractivity contribution is -0.297. The summed E-state index contributed by atoms with van der Waals surface area (Å²) in [5.41, 5.74) is 3.04. The van der Waals surface area contributed by atoms with E-state index in [1.54, 1.807) is 0 Å². The first-order chi connectivity index (χ1) is 13.9. The molecule has 0 aliphatic heterocycles. The molecule has 0 aliphatic carbocycles. The minimum absolute atomic E-state index is 0.116. The molecule has 0 aliphatic rings. The van der Waals surface area contributed by atoms with Gasteiger partial charge in [0.25, 0.3) is 0 Å². The molecule has 5 nitrogen and oxygen atoms in total. The molecule has 0 spiro atoms. The summed E-state index contributed by atoms with van der Waals surface area (Å²) in [5.74, 6) is -9.29. The Morgan fingerprint density at radius 2 is 0.938 bits per heavy atom. The van der Waals surface area contributed by atoms with Gasteiger partial charge in [0.1, 0.15) is 0 Å². The van der Waals surface area contributed by atoms with E-state index < -0.39 is 65.5 Å². The van der Waals surface area contributed by atoms with Crippen LogP contribution in [0, 0.1) is 5.41 Å². The average Bonchev–Trinajstić information content (AvgIpc) is 2.46. The Balaban J connectivity index is 4.13. The van der Waals surface area contributed by atoms with Crippen molar-refractivity contribution in [3.8, 4) is 23.0 Å². The number of hydrogen-bond donors (Lipinski definition) is 1. The summed E-state index contributed by atoms with van der Waals surface area (Å²) in [4.78, 5) is 0. The fraction of sp³-hybridized carbons (Fsp3) is 0.600. The summed E-state index contributed by atoms with van der Waals surface area (Å²) in [6.45, 7) is 3.64. The predicted molar refractivity (Wildman–Crippen MR) is 79.6 cm³/mol. The van der Waals surface area contributed by atoms with Crippen LogP contribution in [0.15, 0.2) is 6.07 Å². The molecule has 2 N–H and O–H groups in total. The molecule has 0 fully saturated rings. The van der Waals surface area contributed by atoms with Gasteiger partial charge in [0.15, 0.2) is 11.5 Å². The van der Waals surface area contributed by atoms with E-state index in [9.17, 15) is 52.7 Å². The van der Waals surface area contributed by atoms with Crippen LogP contribution >= 0.6 is 0 Å². The second-order valence-electron chi connectivity index (χ2n) is 6.99. The molecule has 1 atom stereocenters. The van der Waals surface area contributed by atoms with Gasteiger partial charge in [-0.2, -0.15) is 0 Å². The van der Waals surface area contributed by atoms with Gasteiger partial charge in [-0.15, -0.1) is 52.7 Å². The number of rotatable bonds is 5. The van der Waals surface area contributed by atoms with Gasteiger partial charge in [-0.1, -0.05) is 20.8 Å². The van der Waals surface area contributed by atoms with Crippen molar-refractivity contribution >= 4 is 0 Å². The van der Waals surface area contributed by atoms with Crippen LogP contribution in [-0.2, 0) is 0 Å². The number of nitrogens with two attached hydrogens (primary N) is 1. The van der Waals surface area contributed by atoms with Crippen molar-refractivity contribution in [1.29, 1.82) is 0 Å². The lowest BCUT2D eigenvalue weighted by atomic mass is 9.82. The predicted octanol–water partition coefficient (Wildman–Crippen LogP) is 6.33. The fourth-order valence-corrected chi connectivity index (χ4v) is 2.16. The minimum atomic E-state index is -6.01. The molecular weight excluding hydrogens is 486 g/mol. The number of hydrogen-bond acceptors (Lipinski definition) is 5. The molecule has 0 amide bonds. The largest absolute Gasteiger partial charge is 0.573 e. The molecule has 32 heavy (non-hydrogen) atoms. The molecule has 0 saturated carbocycles. The van der Waals surface area contributed by atoms with Crippen LogP contribution in [0.1, 0.15) is 32.4 Å². The van der Waals surface area contributed by atoms with Gasteiger partial charge in [0.2, 0.25) is 11.5 Å². The summed E-state index contributed by atoms with van der Waals surface area (Å²) in [5, 5.41) is 0. The smallest absolute Gasteiger partial charge is 0.402 e. The molecule has 1 aromatic carbocycles. The summed E-state index contributed by atoms with van der Waals surface area (Å²) < 4.78 is 166. The van der Waals surface area contributed by atoms with Crippen LogP contribution in [0.25, 0.3) is 0 Å². The van der Waals surface area contributed by atoms with Gasteiger partial charge in [0, 0.05) is 11.6 Å². The van der Waals surface area contributed by atoms with Gasteiger partial charge in [-0.25, -0.2) is 0 Å². The van der Waals surface area contributed by atoms with Gasteiger partial charge < -0.3 is 24.7 Å². The molecule has 0 radical (unpaired) electrons. The van der Waals surface area contributed by atoms with Crippen LogP contribution in [0.4, 0.5) is 52.7 Å². The summed E-state index contributed by atoms with van der Waals surface area (Å²) in [7, 11) is 0. The van der Waals surface area contributed by atoms with E-state index in [-0.39, 0.29) is 6.07 Å². The van der Waals surface area contributed by atoms with Gasteiger partial charge >= 0.3 is 25.4 Å². The Morgan fingerprint density at radius 3 is 1.28 bits per heavy atom. The number of benzene rings is 1. The van der Waals surface area contributed by atoms with E-state index in [0.717, 1.165) is 0 Å². The standard InChI is InChI=1S/C15H13F12NO4/c1-11(2,3)10(28)5-4-6(29-12(16,17)18)8(31-14(22,23)24)9(32-15(25,26)27)7(5)30-13(19,20)21/h4,10H,28H2,1-3H3. The lowest BCUT2D eigenvalue weighted by Crippen LogP contribution is -2.30. The monoisotopic (exact) mass is 499 g/mol. The number of ether oxygens (including phenoxy) is 4. The van der Waals surface area contributed by atoms with Crippen molar-refractivity contribution in [2.45, 2.75) is 52.3 Å². The molecule has 1 aromatic rings. The molecule has 0 saturated heterocycles. The van der Waals surface area contributed by atoms with Crippen LogP contribution in [0.2, 0.25) is 0 Å². The molecule has 0 heterocycles. The Bertz CT molecular complexity index is 806. The van der Waals surface area contributed by atoms with Gasteiger partial charge in [-0.05, 0) is 11.5 Å². The molecule has 0 bridgehead atoms. The SMILES string of the molecule is CC(C)(C)C(N)c1cc(OC(F)(F)F)c(OC(F)(F)F)c(OC(F)(F)F)c1OC(F)(F)F. The second-order valence-corrected chi connectivity index (χ2v) is 6.99. The molecule has 1 unspecified atom stereocenters. The Labute approximate surface area is 170 Å². The maximum absolute atomic E-state index is 12.9. The van der Waals surface area contributed by atoms with Crippen LogP contribution in [0.3, 0.4) is 0 Å². The van der Waals surface area contributed by atoms with Crippen LogP contribution in [0.5, 0.6) is 23.0 Å². The highest BCUT2D eigenvalue weighted by Crippen LogP contribution is 2.55. The first-order valence-electron chi connectivity index (χ1n) is 7.89. The maximum atomic E-state index is 12.9. The van der Waals surface area contributed by atoms with Crippen molar-refractivity contribution in [2.75, 3.05) is 0 Å². The fourth-order valence-electron chi connectivity index (χ4n) is 2.16. The highest BCUT2D eigenvalue weighted by atomic mass is 19.4. The molecule has 0 aromatic heterocycles. The Morgan fingerprint density at radius 1 is 0.594 bits per heavy atom. The zero-order valence-electron chi connectivity index (χ0n) is 15.9. The van der Waals surface area contributed by atoms with Crippen molar-refractivity contribution in [3.05, 3.63) is 11.6 Å². The van der Waals surface area contributed by atoms with Gasteiger partial charge in [-0.3, -0.25) is 0 Å². The first kappa shape index (κ1) is 27.6. The van der Waals surface area contributed by atoms with Crippen molar-refractivity contribution in [1.82, 2.24) is 0 Å². The third-order valence-corrected chi connectivity index (χ3v) is 3.33. The van der Waals surface area contributed by atoms with E-state index in [2.05, 4.69) is 18.9 Å². The van der Waals surface area contributed by atoms with E-state index in [1.165, 1.54) is 20.8 Å². The van der Waals surface area contributed by atoms with Crippen LogP contribution in [-0.4, -0.2) is 25.4 Å². The second kappa shape index (κ2) is 8.47. The zero-order chi connectivity index (χ0) is 25.5. The van der Waals surface area contributed by atoms with E-state index in [1.807, 2.05) is 0 Å². The highest BCUT2D eigenvalue weighted by Gasteiger charge is 2.46. The van der Waals surface area contributed by atoms with E-state index in [0.29, 0.717) is 0 Å². The van der Waals surface area contributed by atoms with Crippen molar-refractivity contribution < 1.29 is 71.6 Å². The summed E-state index contributed by atoms with van der Waals surface area (Å²) in [6, 6.07) is -1.94. The summed E-state index contributed by atoms with van der Waals surface area (Å²) >= 11 is 0. The third kappa shape index (κ3) is 8.58. The number of alkyl halides is 12.